The molecule has 0 bridgehead atoms. The van der Waals surface area contributed by atoms with Crippen molar-refractivity contribution in [1.29, 1.82) is 0 Å². The van der Waals surface area contributed by atoms with E-state index in [1.54, 1.807) is 12.1 Å². The summed E-state index contributed by atoms with van der Waals surface area (Å²) in [4.78, 5) is 11.4. The fraction of sp³-hybridized carbons (Fsp3) is 0.167. The number of ketones is 1. The van der Waals surface area contributed by atoms with E-state index in [0.717, 1.165) is 24.7 Å². The van der Waals surface area contributed by atoms with Gasteiger partial charge in [-0.25, -0.2) is 4.68 Å². The Hall–Kier alpha value is -2.29. The van der Waals surface area contributed by atoms with Crippen molar-refractivity contribution in [2.75, 3.05) is 0 Å². The van der Waals surface area contributed by atoms with Crippen LogP contribution in [0.3, 0.4) is 0 Å². The van der Waals surface area contributed by atoms with Gasteiger partial charge in [0.2, 0.25) is 0 Å². The summed E-state index contributed by atoms with van der Waals surface area (Å²) in [7, 11) is 0. The molecule has 9 heteroatoms. The van der Waals surface area contributed by atoms with Crippen LogP contribution in [0.4, 0.5) is 13.2 Å². The van der Waals surface area contributed by atoms with Gasteiger partial charge in [-0.1, -0.05) is 10.6 Å². The van der Waals surface area contributed by atoms with Crippen LogP contribution in [0.1, 0.15) is 23.0 Å². The molecule has 3 rings (SSSR count). The highest BCUT2D eigenvalue weighted by atomic mass is 32.1. The monoisotopic (exact) mass is 312 g/mol. The van der Waals surface area contributed by atoms with E-state index in [2.05, 4.69) is 14.7 Å². The summed E-state index contributed by atoms with van der Waals surface area (Å²) < 4.78 is 44.9. The van der Waals surface area contributed by atoms with E-state index in [1.807, 2.05) is 0 Å². The van der Waals surface area contributed by atoms with Crippen molar-refractivity contribution >= 4 is 27.5 Å². The maximum Gasteiger partial charge on any atom is 0.434 e. The minimum absolute atomic E-state index is 0.140. The molecule has 0 fully saturated rings. The molecule has 0 saturated carbocycles. The molecule has 1 aromatic carbocycles. The van der Waals surface area contributed by atoms with E-state index in [-0.39, 0.29) is 5.69 Å². The van der Waals surface area contributed by atoms with E-state index in [0.29, 0.717) is 14.9 Å². The fourth-order valence-electron chi connectivity index (χ4n) is 2.02. The molecule has 0 aliphatic heterocycles. The topological polar surface area (TPSA) is 60.7 Å². The van der Waals surface area contributed by atoms with Crippen LogP contribution in [-0.4, -0.2) is 25.2 Å². The van der Waals surface area contributed by atoms with Crippen molar-refractivity contribution in [2.24, 2.45) is 0 Å². The lowest BCUT2D eigenvalue weighted by Gasteiger charge is -2.12. The van der Waals surface area contributed by atoms with Crippen LogP contribution >= 0.6 is 11.5 Å². The van der Waals surface area contributed by atoms with Crippen molar-refractivity contribution in [3.8, 4) is 5.69 Å². The van der Waals surface area contributed by atoms with Crippen molar-refractivity contribution in [1.82, 2.24) is 19.4 Å². The van der Waals surface area contributed by atoms with Gasteiger partial charge in [0.1, 0.15) is 5.52 Å². The lowest BCUT2D eigenvalue weighted by atomic mass is 10.1. The fourth-order valence-corrected chi connectivity index (χ4v) is 2.60. The Bertz CT molecular complexity index is 837. The van der Waals surface area contributed by atoms with E-state index in [1.165, 1.54) is 6.07 Å². The molecule has 5 nitrogen and oxygen atoms in total. The van der Waals surface area contributed by atoms with Crippen molar-refractivity contribution in [3.63, 3.8) is 0 Å². The molecule has 108 valence electrons. The second-order valence-electron chi connectivity index (χ2n) is 4.27. The molecule has 0 saturated heterocycles. The summed E-state index contributed by atoms with van der Waals surface area (Å²) in [6.45, 7) is 1.07. The number of nitrogens with zero attached hydrogens (tertiary/aromatic N) is 4. The number of fused-ring (bicyclic) bond motifs is 1. The summed E-state index contributed by atoms with van der Waals surface area (Å²) in [5.74, 6) is -0.697. The Morgan fingerprint density at radius 2 is 2.10 bits per heavy atom. The Labute approximate surface area is 120 Å². The van der Waals surface area contributed by atoms with Crippen LogP contribution < -0.4 is 0 Å². The average molecular weight is 312 g/mol. The van der Waals surface area contributed by atoms with Crippen LogP contribution in [0.15, 0.2) is 24.4 Å². The third kappa shape index (κ3) is 2.19. The molecular weight excluding hydrogens is 305 g/mol. The zero-order chi connectivity index (χ0) is 15.2. The minimum atomic E-state index is -4.71. The SMILES string of the molecule is CC(=O)c1cnn(-c2cccc3snnc23)c1C(F)(F)F. The Morgan fingerprint density at radius 1 is 1.33 bits per heavy atom. The van der Waals surface area contributed by atoms with Crippen LogP contribution in [0.25, 0.3) is 15.9 Å². The van der Waals surface area contributed by atoms with E-state index in [9.17, 15) is 18.0 Å². The number of Topliss-reactive ketones (excluding diaryl/α,β-unsaturated/α-hetero) is 1. The maximum atomic E-state index is 13.3. The normalized spacial score (nSPS) is 12.0. The number of alkyl halides is 3. The molecule has 0 amide bonds. The minimum Gasteiger partial charge on any atom is -0.294 e. The number of hydrogen-bond acceptors (Lipinski definition) is 5. The largest absolute Gasteiger partial charge is 0.434 e. The first kappa shape index (κ1) is 13.7. The van der Waals surface area contributed by atoms with Crippen LogP contribution in [0.2, 0.25) is 0 Å². The predicted molar refractivity (Wildman–Crippen MR) is 69.5 cm³/mol. The van der Waals surface area contributed by atoms with E-state index >= 15 is 0 Å². The average Bonchev–Trinajstić information content (AvgIpc) is 3.04. The molecule has 0 aliphatic carbocycles. The van der Waals surface area contributed by atoms with E-state index < -0.39 is 23.2 Å². The molecule has 0 atom stereocenters. The molecule has 21 heavy (non-hydrogen) atoms. The number of rotatable bonds is 2. The Kier molecular flexibility index (Phi) is 3.01. The summed E-state index contributed by atoms with van der Waals surface area (Å²) in [6, 6.07) is 4.74. The smallest absolute Gasteiger partial charge is 0.294 e. The van der Waals surface area contributed by atoms with Gasteiger partial charge in [0.25, 0.3) is 0 Å². The quantitative estimate of drug-likeness (QED) is 0.682. The van der Waals surface area contributed by atoms with Gasteiger partial charge in [0.05, 0.1) is 22.1 Å². The standard InChI is InChI=1S/C12H7F3N4OS/c1-6(20)7-5-16-19(11(7)12(13,14)15)8-3-2-4-9-10(8)17-18-21-9/h2-5H,1H3. The highest BCUT2D eigenvalue weighted by Crippen LogP contribution is 2.35. The van der Waals surface area contributed by atoms with Gasteiger partial charge in [-0.3, -0.25) is 4.79 Å². The maximum absolute atomic E-state index is 13.3. The van der Waals surface area contributed by atoms with Gasteiger partial charge in [0, 0.05) is 0 Å². The molecule has 3 aromatic rings. The third-order valence-corrected chi connectivity index (χ3v) is 3.59. The van der Waals surface area contributed by atoms with E-state index in [4.69, 9.17) is 0 Å². The number of benzene rings is 1. The van der Waals surface area contributed by atoms with Gasteiger partial charge in [0.15, 0.2) is 11.5 Å². The summed E-state index contributed by atoms with van der Waals surface area (Å²) in [5.41, 5.74) is -1.12. The second kappa shape index (κ2) is 4.62. The van der Waals surface area contributed by atoms with Gasteiger partial charge in [-0.2, -0.15) is 18.3 Å². The van der Waals surface area contributed by atoms with Gasteiger partial charge in [-0.15, -0.1) is 5.10 Å². The summed E-state index contributed by atoms with van der Waals surface area (Å²) in [5, 5.41) is 7.54. The van der Waals surface area contributed by atoms with Crippen molar-refractivity contribution in [3.05, 3.63) is 35.7 Å². The predicted octanol–water partition coefficient (Wildman–Crippen LogP) is 3.10. The third-order valence-electron chi connectivity index (χ3n) is 2.90. The number of hydrogen-bond donors (Lipinski definition) is 0. The van der Waals surface area contributed by atoms with Gasteiger partial charge >= 0.3 is 6.18 Å². The highest BCUT2D eigenvalue weighted by molar-refractivity contribution is 7.13. The van der Waals surface area contributed by atoms with Crippen LogP contribution in [-0.2, 0) is 6.18 Å². The molecule has 0 radical (unpaired) electrons. The summed E-state index contributed by atoms with van der Waals surface area (Å²) in [6.07, 6.45) is -3.78. The molecule has 0 N–H and O–H groups in total. The van der Waals surface area contributed by atoms with Gasteiger partial charge < -0.3 is 0 Å². The number of aromatic nitrogens is 4. The first-order valence-corrected chi connectivity index (χ1v) is 6.54. The lowest BCUT2D eigenvalue weighted by molar-refractivity contribution is -0.143. The Balaban J connectivity index is 2.33. The van der Waals surface area contributed by atoms with Crippen LogP contribution in [0, 0.1) is 0 Å². The number of halogens is 3. The van der Waals surface area contributed by atoms with Gasteiger partial charge in [-0.05, 0) is 30.6 Å². The first-order valence-electron chi connectivity index (χ1n) is 5.77. The molecular formula is C12H7F3N4OS. The Morgan fingerprint density at radius 3 is 2.76 bits per heavy atom. The highest BCUT2D eigenvalue weighted by Gasteiger charge is 2.40. The number of carbonyl (C=O) groups excluding carboxylic acids is 1. The zero-order valence-electron chi connectivity index (χ0n) is 10.5. The first-order chi connectivity index (χ1) is 9.89. The molecule has 0 unspecified atom stereocenters. The van der Waals surface area contributed by atoms with Crippen molar-refractivity contribution < 1.29 is 18.0 Å². The molecule has 2 heterocycles. The summed E-state index contributed by atoms with van der Waals surface area (Å²) >= 11 is 1.07. The molecule has 2 aromatic heterocycles. The lowest BCUT2D eigenvalue weighted by Crippen LogP contribution is -2.17. The molecule has 0 aliphatic rings. The second-order valence-corrected chi connectivity index (χ2v) is 5.06. The molecule has 0 spiro atoms. The van der Waals surface area contributed by atoms with Crippen molar-refractivity contribution in [2.45, 2.75) is 13.1 Å². The zero-order valence-corrected chi connectivity index (χ0v) is 11.4. The number of carbonyl (C=O) groups is 1. The van der Waals surface area contributed by atoms with Crippen LogP contribution in [0.5, 0.6) is 0 Å².